The van der Waals surface area contributed by atoms with E-state index in [1.807, 2.05) is 18.2 Å². The van der Waals surface area contributed by atoms with Crippen LogP contribution >= 0.6 is 23.4 Å². The van der Waals surface area contributed by atoms with E-state index in [2.05, 4.69) is 32.9 Å². The molecule has 6 nitrogen and oxygen atoms in total. The van der Waals surface area contributed by atoms with Crippen molar-refractivity contribution in [1.82, 2.24) is 14.4 Å². The van der Waals surface area contributed by atoms with Gasteiger partial charge < -0.3 is 14.6 Å². The summed E-state index contributed by atoms with van der Waals surface area (Å²) in [6.07, 6.45) is 4.26. The average Bonchev–Trinajstić information content (AvgIpc) is 3.04. The van der Waals surface area contributed by atoms with E-state index in [0.29, 0.717) is 6.54 Å². The van der Waals surface area contributed by atoms with E-state index in [-0.39, 0.29) is 0 Å². The number of aliphatic carboxylic acids is 1. The van der Waals surface area contributed by atoms with Crippen LogP contribution in [-0.4, -0.2) is 70.3 Å². The molecule has 2 aromatic rings. The predicted molar refractivity (Wildman–Crippen MR) is 122 cm³/mol. The Morgan fingerprint density at radius 3 is 2.63 bits per heavy atom. The normalized spacial score (nSPS) is 17.2. The standard InChI is InChI=1S/C22H27ClN4O2S/c1-22(2,21(28)29)14-25-6-8-26(9-7-25)20-19-11-17(30-3)13-27(19)12-15-10-16(23)4-5-18(15)24-20/h4-5,10-11,13H,6-9,12,14H2,1-3H3,(H,28,29). The maximum Gasteiger partial charge on any atom is 0.310 e. The van der Waals surface area contributed by atoms with Crippen LogP contribution in [0.3, 0.4) is 0 Å². The molecule has 1 fully saturated rings. The van der Waals surface area contributed by atoms with Crippen molar-refractivity contribution >= 4 is 40.9 Å². The Balaban J connectivity index is 1.60. The summed E-state index contributed by atoms with van der Waals surface area (Å²) in [6.45, 7) is 8.14. The van der Waals surface area contributed by atoms with Gasteiger partial charge in [0.25, 0.3) is 0 Å². The Bertz CT molecular complexity index is 993. The summed E-state index contributed by atoms with van der Waals surface area (Å²) < 4.78 is 2.26. The van der Waals surface area contributed by atoms with Crippen molar-refractivity contribution in [1.29, 1.82) is 0 Å². The number of fused-ring (bicyclic) bond motifs is 2. The lowest BCUT2D eigenvalue weighted by Crippen LogP contribution is -2.52. The van der Waals surface area contributed by atoms with Gasteiger partial charge in [-0.05, 0) is 49.9 Å². The SMILES string of the molecule is CSc1cc2n(c1)Cc1cc(Cl)ccc1N=C2N1CCN(CC(C)(C)C(=O)O)CC1. The lowest BCUT2D eigenvalue weighted by Gasteiger charge is -2.38. The van der Waals surface area contributed by atoms with Gasteiger partial charge in [-0.25, -0.2) is 4.99 Å². The van der Waals surface area contributed by atoms with E-state index in [0.717, 1.165) is 60.5 Å². The van der Waals surface area contributed by atoms with Crippen LogP contribution in [0.2, 0.25) is 5.02 Å². The largest absolute Gasteiger partial charge is 0.481 e. The van der Waals surface area contributed by atoms with Crippen LogP contribution in [0.1, 0.15) is 25.1 Å². The van der Waals surface area contributed by atoms with Crippen LogP contribution in [0.5, 0.6) is 0 Å². The summed E-state index contributed by atoms with van der Waals surface area (Å²) in [5.74, 6) is 0.226. The lowest BCUT2D eigenvalue weighted by molar-refractivity contribution is -0.148. The van der Waals surface area contributed by atoms with Crippen molar-refractivity contribution in [2.24, 2.45) is 10.4 Å². The number of thioether (sulfide) groups is 1. The van der Waals surface area contributed by atoms with Gasteiger partial charge in [0.05, 0.1) is 16.8 Å². The molecule has 0 unspecified atom stereocenters. The Morgan fingerprint density at radius 1 is 1.23 bits per heavy atom. The van der Waals surface area contributed by atoms with Crippen molar-refractivity contribution in [2.45, 2.75) is 25.3 Å². The van der Waals surface area contributed by atoms with Gasteiger partial charge in [0.2, 0.25) is 0 Å². The van der Waals surface area contributed by atoms with Gasteiger partial charge in [0, 0.05) is 55.4 Å². The summed E-state index contributed by atoms with van der Waals surface area (Å²) in [5.41, 5.74) is 2.44. The fourth-order valence-corrected chi connectivity index (χ4v) is 4.69. The van der Waals surface area contributed by atoms with Crippen molar-refractivity contribution in [3.63, 3.8) is 0 Å². The highest BCUT2D eigenvalue weighted by Crippen LogP contribution is 2.31. The molecule has 4 rings (SSSR count). The monoisotopic (exact) mass is 446 g/mol. The Labute approximate surface area is 186 Å². The highest BCUT2D eigenvalue weighted by atomic mass is 35.5. The molecule has 0 atom stereocenters. The minimum Gasteiger partial charge on any atom is -0.481 e. The van der Waals surface area contributed by atoms with Crippen LogP contribution in [-0.2, 0) is 11.3 Å². The number of carboxylic acids is 1. The minimum absolute atomic E-state index is 0.553. The zero-order chi connectivity index (χ0) is 21.5. The maximum atomic E-state index is 11.5. The molecule has 1 aromatic heterocycles. The molecule has 2 aliphatic rings. The van der Waals surface area contributed by atoms with Crippen molar-refractivity contribution in [3.8, 4) is 0 Å². The molecule has 0 saturated carbocycles. The first-order valence-electron chi connectivity index (χ1n) is 10.1. The smallest absolute Gasteiger partial charge is 0.310 e. The second-order valence-corrected chi connectivity index (χ2v) is 9.87. The van der Waals surface area contributed by atoms with Gasteiger partial charge in [-0.15, -0.1) is 11.8 Å². The van der Waals surface area contributed by atoms with E-state index in [1.165, 1.54) is 4.90 Å². The van der Waals surface area contributed by atoms with Crippen LogP contribution in [0.25, 0.3) is 0 Å². The van der Waals surface area contributed by atoms with E-state index >= 15 is 0 Å². The number of hydrogen-bond donors (Lipinski definition) is 1. The molecule has 1 saturated heterocycles. The fourth-order valence-electron chi connectivity index (χ4n) is 4.04. The second kappa shape index (κ2) is 8.29. The number of aromatic nitrogens is 1. The van der Waals surface area contributed by atoms with Gasteiger partial charge in [0.15, 0.2) is 5.84 Å². The number of nitrogens with zero attached hydrogens (tertiary/aromatic N) is 4. The number of carbonyl (C=O) groups is 1. The first-order chi connectivity index (χ1) is 14.3. The number of aliphatic imine (C=N–C) groups is 1. The molecular formula is C22H27ClN4O2S. The number of benzene rings is 1. The van der Waals surface area contributed by atoms with E-state index in [9.17, 15) is 9.90 Å². The molecule has 0 aliphatic carbocycles. The first-order valence-corrected chi connectivity index (χ1v) is 11.7. The molecule has 8 heteroatoms. The summed E-state index contributed by atoms with van der Waals surface area (Å²) >= 11 is 7.97. The number of hydrogen-bond acceptors (Lipinski definition) is 5. The third-order valence-electron chi connectivity index (χ3n) is 5.81. The quantitative estimate of drug-likeness (QED) is 0.718. The number of amidine groups is 1. The molecule has 0 amide bonds. The van der Waals surface area contributed by atoms with E-state index in [4.69, 9.17) is 16.6 Å². The topological polar surface area (TPSA) is 61.1 Å². The van der Waals surface area contributed by atoms with Crippen LogP contribution in [0, 0.1) is 5.41 Å². The molecule has 30 heavy (non-hydrogen) atoms. The molecule has 0 spiro atoms. The van der Waals surface area contributed by atoms with Crippen molar-refractivity contribution < 1.29 is 9.90 Å². The van der Waals surface area contributed by atoms with Gasteiger partial charge in [-0.1, -0.05) is 11.6 Å². The van der Waals surface area contributed by atoms with Crippen LogP contribution < -0.4 is 0 Å². The maximum absolute atomic E-state index is 11.5. The summed E-state index contributed by atoms with van der Waals surface area (Å²) in [4.78, 5) is 22.3. The molecule has 0 bridgehead atoms. The molecule has 1 N–H and O–H groups in total. The number of halogens is 1. The Hall–Kier alpha value is -1.96. The predicted octanol–water partition coefficient (Wildman–Crippen LogP) is 4.03. The number of piperazine rings is 1. The van der Waals surface area contributed by atoms with Gasteiger partial charge >= 0.3 is 5.97 Å². The lowest BCUT2D eigenvalue weighted by atomic mass is 9.93. The summed E-state index contributed by atoms with van der Waals surface area (Å²) in [7, 11) is 0. The van der Waals surface area contributed by atoms with E-state index in [1.54, 1.807) is 25.6 Å². The molecular weight excluding hydrogens is 420 g/mol. The zero-order valence-corrected chi connectivity index (χ0v) is 19.1. The van der Waals surface area contributed by atoms with Crippen LogP contribution in [0.15, 0.2) is 40.4 Å². The third kappa shape index (κ3) is 4.24. The molecule has 160 valence electrons. The molecule has 2 aliphatic heterocycles. The third-order valence-corrected chi connectivity index (χ3v) is 6.74. The van der Waals surface area contributed by atoms with Gasteiger partial charge in [-0.2, -0.15) is 0 Å². The van der Waals surface area contributed by atoms with E-state index < -0.39 is 11.4 Å². The van der Waals surface area contributed by atoms with Crippen LogP contribution in [0.4, 0.5) is 5.69 Å². The Kier molecular flexibility index (Phi) is 5.88. The summed E-state index contributed by atoms with van der Waals surface area (Å²) in [6, 6.07) is 8.08. The molecule has 0 radical (unpaired) electrons. The fraction of sp³-hybridized carbons (Fsp3) is 0.455. The van der Waals surface area contributed by atoms with Gasteiger partial charge in [-0.3, -0.25) is 9.69 Å². The summed E-state index contributed by atoms with van der Waals surface area (Å²) in [5, 5.41) is 10.2. The van der Waals surface area contributed by atoms with Gasteiger partial charge in [0.1, 0.15) is 0 Å². The van der Waals surface area contributed by atoms with Crippen molar-refractivity contribution in [2.75, 3.05) is 39.0 Å². The number of carboxylic acid groups (broad SMARTS) is 1. The highest BCUT2D eigenvalue weighted by Gasteiger charge is 2.32. The average molecular weight is 447 g/mol. The second-order valence-electron chi connectivity index (χ2n) is 8.55. The zero-order valence-electron chi connectivity index (χ0n) is 17.6. The number of rotatable bonds is 4. The van der Waals surface area contributed by atoms with Crippen molar-refractivity contribution in [3.05, 3.63) is 46.7 Å². The first kappa shape index (κ1) is 21.3. The Morgan fingerprint density at radius 2 is 1.97 bits per heavy atom. The highest BCUT2D eigenvalue weighted by molar-refractivity contribution is 7.98. The molecule has 3 heterocycles. The molecule has 1 aromatic carbocycles. The minimum atomic E-state index is -0.754.